The number of anilines is 1. The number of benzene rings is 2. The van der Waals surface area contributed by atoms with E-state index in [-0.39, 0.29) is 35.8 Å². The third-order valence-corrected chi connectivity index (χ3v) is 4.66. The maximum absolute atomic E-state index is 12.1. The molecule has 0 spiro atoms. The molecule has 0 aliphatic rings. The lowest BCUT2D eigenvalue weighted by Crippen LogP contribution is -2.37. The molecule has 0 heterocycles. The maximum atomic E-state index is 12.1. The van der Waals surface area contributed by atoms with Gasteiger partial charge in [0.25, 0.3) is 5.91 Å². The van der Waals surface area contributed by atoms with E-state index in [0.717, 1.165) is 29.7 Å². The minimum absolute atomic E-state index is 0. The standard InChI is InChI=1S/C24H33N5O2.HI/c1-5-8-22(30)28-21-12-7-10-19(16-21)17-27-24(25-2)26-14-13-18-9-6-11-20(15-18)23(31)29(3)4;/h6-7,9-12,15-16H,5,8,13-14,17H2,1-4H3,(H,28,30)(H2,25,26,27);1H. The summed E-state index contributed by atoms with van der Waals surface area (Å²) in [5, 5.41) is 9.50. The Morgan fingerprint density at radius 3 is 2.41 bits per heavy atom. The Bertz CT molecular complexity index is 915. The number of hydrogen-bond acceptors (Lipinski definition) is 3. The monoisotopic (exact) mass is 551 g/mol. The summed E-state index contributed by atoms with van der Waals surface area (Å²) in [6.07, 6.45) is 2.12. The molecule has 8 heteroatoms. The molecule has 0 aliphatic carbocycles. The van der Waals surface area contributed by atoms with Crippen molar-refractivity contribution in [2.24, 2.45) is 4.99 Å². The summed E-state index contributed by atoms with van der Waals surface area (Å²) in [5.41, 5.74) is 3.63. The van der Waals surface area contributed by atoms with Crippen molar-refractivity contribution in [1.82, 2.24) is 15.5 Å². The molecular weight excluding hydrogens is 517 g/mol. The number of amides is 2. The lowest BCUT2D eigenvalue weighted by Gasteiger charge is -2.14. The fourth-order valence-electron chi connectivity index (χ4n) is 3.06. The molecule has 0 bridgehead atoms. The number of aliphatic imine (C=N–C) groups is 1. The second-order valence-electron chi connectivity index (χ2n) is 7.50. The molecule has 2 amide bonds. The molecule has 0 saturated carbocycles. The summed E-state index contributed by atoms with van der Waals surface area (Å²) >= 11 is 0. The first kappa shape index (κ1) is 27.4. The molecule has 0 radical (unpaired) electrons. The predicted octanol–water partition coefficient (Wildman–Crippen LogP) is 3.65. The van der Waals surface area contributed by atoms with Gasteiger partial charge in [-0.05, 0) is 48.2 Å². The smallest absolute Gasteiger partial charge is 0.253 e. The average molecular weight is 551 g/mol. The third-order valence-electron chi connectivity index (χ3n) is 4.66. The molecular formula is C24H34IN5O2. The Kier molecular flexibility index (Phi) is 12.4. The van der Waals surface area contributed by atoms with E-state index < -0.39 is 0 Å². The van der Waals surface area contributed by atoms with Gasteiger partial charge < -0.3 is 20.9 Å². The molecule has 7 nitrogen and oxygen atoms in total. The zero-order valence-corrected chi connectivity index (χ0v) is 21.6. The van der Waals surface area contributed by atoms with Gasteiger partial charge in [0.1, 0.15) is 0 Å². The van der Waals surface area contributed by atoms with Crippen molar-refractivity contribution >= 4 is 47.4 Å². The molecule has 3 N–H and O–H groups in total. The van der Waals surface area contributed by atoms with E-state index in [1.165, 1.54) is 0 Å². The Morgan fingerprint density at radius 2 is 1.72 bits per heavy atom. The van der Waals surface area contributed by atoms with E-state index in [2.05, 4.69) is 20.9 Å². The van der Waals surface area contributed by atoms with Crippen LogP contribution in [0.5, 0.6) is 0 Å². The molecule has 0 saturated heterocycles. The van der Waals surface area contributed by atoms with Crippen molar-refractivity contribution in [3.63, 3.8) is 0 Å². The topological polar surface area (TPSA) is 85.8 Å². The molecule has 2 aromatic rings. The highest BCUT2D eigenvalue weighted by Crippen LogP contribution is 2.11. The first-order chi connectivity index (χ1) is 14.9. The van der Waals surface area contributed by atoms with Gasteiger partial charge in [0.2, 0.25) is 5.91 Å². The van der Waals surface area contributed by atoms with E-state index in [4.69, 9.17) is 0 Å². The number of nitrogens with one attached hydrogen (secondary N) is 3. The summed E-state index contributed by atoms with van der Waals surface area (Å²) in [5.74, 6) is 0.725. The minimum Gasteiger partial charge on any atom is -0.356 e. The van der Waals surface area contributed by atoms with Crippen LogP contribution in [-0.4, -0.2) is 50.4 Å². The van der Waals surface area contributed by atoms with Crippen LogP contribution >= 0.6 is 24.0 Å². The zero-order valence-electron chi connectivity index (χ0n) is 19.3. The highest BCUT2D eigenvalue weighted by molar-refractivity contribution is 14.0. The third kappa shape index (κ3) is 9.25. The highest BCUT2D eigenvalue weighted by atomic mass is 127. The maximum Gasteiger partial charge on any atom is 0.253 e. The number of guanidine groups is 1. The van der Waals surface area contributed by atoms with Crippen LogP contribution in [-0.2, 0) is 17.8 Å². The van der Waals surface area contributed by atoms with E-state index in [0.29, 0.717) is 31.0 Å². The number of rotatable bonds is 9. The fraction of sp³-hybridized carbons (Fsp3) is 0.375. The van der Waals surface area contributed by atoms with Gasteiger partial charge in [0.05, 0.1) is 0 Å². The van der Waals surface area contributed by atoms with Crippen molar-refractivity contribution in [3.8, 4) is 0 Å². The van der Waals surface area contributed by atoms with Gasteiger partial charge >= 0.3 is 0 Å². The Balaban J connectivity index is 0.00000512. The second kappa shape index (κ2) is 14.4. The summed E-state index contributed by atoms with van der Waals surface area (Å²) in [7, 11) is 5.23. The molecule has 0 unspecified atom stereocenters. The summed E-state index contributed by atoms with van der Waals surface area (Å²) < 4.78 is 0. The Morgan fingerprint density at radius 1 is 1.00 bits per heavy atom. The van der Waals surface area contributed by atoms with E-state index in [1.54, 1.807) is 26.0 Å². The van der Waals surface area contributed by atoms with Gasteiger partial charge in [-0.3, -0.25) is 14.6 Å². The molecule has 0 aliphatic heterocycles. The molecule has 0 fully saturated rings. The first-order valence-electron chi connectivity index (χ1n) is 10.6. The van der Waals surface area contributed by atoms with Gasteiger partial charge in [-0.2, -0.15) is 0 Å². The highest BCUT2D eigenvalue weighted by Gasteiger charge is 2.08. The predicted molar refractivity (Wildman–Crippen MR) is 142 cm³/mol. The van der Waals surface area contributed by atoms with Crippen LogP contribution in [0.2, 0.25) is 0 Å². The number of carbonyl (C=O) groups is 2. The fourth-order valence-corrected chi connectivity index (χ4v) is 3.06. The van der Waals surface area contributed by atoms with E-state index in [9.17, 15) is 9.59 Å². The van der Waals surface area contributed by atoms with Crippen LogP contribution in [0.1, 0.15) is 41.3 Å². The van der Waals surface area contributed by atoms with Crippen molar-refractivity contribution in [2.45, 2.75) is 32.7 Å². The van der Waals surface area contributed by atoms with Gasteiger partial charge in [-0.15, -0.1) is 24.0 Å². The quantitative estimate of drug-likeness (QED) is 0.253. The number of halogens is 1. The zero-order chi connectivity index (χ0) is 22.6. The lowest BCUT2D eigenvalue weighted by molar-refractivity contribution is -0.116. The molecule has 2 rings (SSSR count). The normalized spacial score (nSPS) is 10.7. The van der Waals surface area contributed by atoms with Crippen molar-refractivity contribution < 1.29 is 9.59 Å². The molecule has 0 atom stereocenters. The van der Waals surface area contributed by atoms with Gasteiger partial charge in [-0.25, -0.2) is 0 Å². The number of nitrogens with zero attached hydrogens (tertiary/aromatic N) is 2. The summed E-state index contributed by atoms with van der Waals surface area (Å²) in [4.78, 5) is 29.7. The molecule has 2 aromatic carbocycles. The van der Waals surface area contributed by atoms with Crippen LogP contribution < -0.4 is 16.0 Å². The van der Waals surface area contributed by atoms with Gasteiger partial charge in [-0.1, -0.05) is 31.2 Å². The van der Waals surface area contributed by atoms with Gasteiger partial charge in [0, 0.05) is 51.9 Å². The van der Waals surface area contributed by atoms with Crippen LogP contribution in [0, 0.1) is 0 Å². The van der Waals surface area contributed by atoms with Crippen LogP contribution in [0.4, 0.5) is 5.69 Å². The average Bonchev–Trinajstić information content (AvgIpc) is 2.76. The largest absolute Gasteiger partial charge is 0.356 e. The summed E-state index contributed by atoms with van der Waals surface area (Å²) in [6, 6.07) is 15.5. The first-order valence-corrected chi connectivity index (χ1v) is 10.6. The number of hydrogen-bond donors (Lipinski definition) is 3. The van der Waals surface area contributed by atoms with Gasteiger partial charge in [0.15, 0.2) is 5.96 Å². The van der Waals surface area contributed by atoms with Crippen LogP contribution in [0.15, 0.2) is 53.5 Å². The summed E-state index contributed by atoms with van der Waals surface area (Å²) in [6.45, 7) is 3.26. The molecule has 174 valence electrons. The van der Waals surface area contributed by atoms with Crippen molar-refractivity contribution in [1.29, 1.82) is 0 Å². The molecule has 32 heavy (non-hydrogen) atoms. The minimum atomic E-state index is 0. The Hall–Kier alpha value is -2.62. The van der Waals surface area contributed by atoms with Crippen molar-refractivity contribution in [2.75, 3.05) is 33.0 Å². The van der Waals surface area contributed by atoms with Crippen LogP contribution in [0.25, 0.3) is 0 Å². The number of carbonyl (C=O) groups excluding carboxylic acids is 2. The van der Waals surface area contributed by atoms with Crippen LogP contribution in [0.3, 0.4) is 0 Å². The van der Waals surface area contributed by atoms with Crippen molar-refractivity contribution in [3.05, 3.63) is 65.2 Å². The second-order valence-corrected chi connectivity index (χ2v) is 7.50. The van der Waals surface area contributed by atoms with E-state index in [1.807, 2.05) is 55.5 Å². The SMILES string of the molecule is CCCC(=O)Nc1cccc(CNC(=NC)NCCc2cccc(C(=O)N(C)C)c2)c1.I. The molecule has 0 aromatic heterocycles. The Labute approximate surface area is 208 Å². The lowest BCUT2D eigenvalue weighted by atomic mass is 10.1. The van der Waals surface area contributed by atoms with E-state index >= 15 is 0 Å².